The van der Waals surface area contributed by atoms with Crippen LogP contribution in [0.4, 0.5) is 15.2 Å². The van der Waals surface area contributed by atoms with Crippen molar-refractivity contribution in [2.45, 2.75) is 19.8 Å². The number of hydrogen-bond donors (Lipinski definition) is 0. The highest BCUT2D eigenvalue weighted by Crippen LogP contribution is 2.33. The molecular formula is C24H26ClFN4OS. The third-order valence-corrected chi connectivity index (χ3v) is 7.80. The second kappa shape index (κ2) is 8.87. The number of carbonyl (C=O) groups is 1. The van der Waals surface area contributed by atoms with Gasteiger partial charge in [-0.25, -0.2) is 9.37 Å². The number of thiazole rings is 1. The summed E-state index contributed by atoms with van der Waals surface area (Å²) in [4.78, 5) is 24.5. The smallest absolute Gasteiger partial charge is 0.227 e. The molecule has 0 saturated carbocycles. The summed E-state index contributed by atoms with van der Waals surface area (Å²) in [6.07, 6.45) is 1.87. The largest absolute Gasteiger partial charge is 0.368 e. The molecule has 2 saturated heterocycles. The van der Waals surface area contributed by atoms with E-state index in [4.69, 9.17) is 11.6 Å². The van der Waals surface area contributed by atoms with Gasteiger partial charge in [0.1, 0.15) is 5.82 Å². The highest BCUT2D eigenvalue weighted by molar-refractivity contribution is 7.22. The van der Waals surface area contributed by atoms with E-state index in [1.54, 1.807) is 6.07 Å². The Morgan fingerprint density at radius 1 is 1.09 bits per heavy atom. The van der Waals surface area contributed by atoms with E-state index < -0.39 is 0 Å². The van der Waals surface area contributed by atoms with Crippen LogP contribution in [-0.2, 0) is 4.79 Å². The number of amides is 1. The van der Waals surface area contributed by atoms with Gasteiger partial charge in [0.15, 0.2) is 5.13 Å². The SMILES string of the molecule is Cc1ccc(Cl)cc1N1CCN(C(=O)C2CCCN(c3nc4ccc(F)cc4s3)C2)CC1. The van der Waals surface area contributed by atoms with Crippen molar-refractivity contribution in [2.24, 2.45) is 5.92 Å². The van der Waals surface area contributed by atoms with Gasteiger partial charge in [-0.05, 0) is 55.7 Å². The minimum atomic E-state index is -0.244. The summed E-state index contributed by atoms with van der Waals surface area (Å²) in [6, 6.07) is 10.7. The number of hydrogen-bond acceptors (Lipinski definition) is 5. The van der Waals surface area contributed by atoms with Crippen LogP contribution in [0.1, 0.15) is 18.4 Å². The first-order chi connectivity index (χ1) is 15.5. The molecule has 8 heteroatoms. The van der Waals surface area contributed by atoms with E-state index >= 15 is 0 Å². The quantitative estimate of drug-likeness (QED) is 0.540. The second-order valence-corrected chi connectivity index (χ2v) is 10.1. The Morgan fingerprint density at radius 2 is 1.91 bits per heavy atom. The predicted molar refractivity (Wildman–Crippen MR) is 129 cm³/mol. The van der Waals surface area contributed by atoms with E-state index in [-0.39, 0.29) is 17.6 Å². The van der Waals surface area contributed by atoms with E-state index in [1.807, 2.05) is 23.1 Å². The van der Waals surface area contributed by atoms with Crippen molar-refractivity contribution in [3.63, 3.8) is 0 Å². The first-order valence-corrected chi connectivity index (χ1v) is 12.3. The highest BCUT2D eigenvalue weighted by atomic mass is 35.5. The molecule has 1 unspecified atom stereocenters. The normalized spacial score (nSPS) is 19.6. The van der Waals surface area contributed by atoms with Crippen LogP contribution in [0.3, 0.4) is 0 Å². The molecule has 0 aliphatic carbocycles. The van der Waals surface area contributed by atoms with E-state index in [9.17, 15) is 9.18 Å². The number of anilines is 2. The minimum Gasteiger partial charge on any atom is -0.368 e. The average molecular weight is 473 g/mol. The number of rotatable bonds is 3. The van der Waals surface area contributed by atoms with Gasteiger partial charge in [-0.1, -0.05) is 29.0 Å². The molecule has 1 atom stereocenters. The fourth-order valence-electron chi connectivity index (χ4n) is 4.72. The van der Waals surface area contributed by atoms with Crippen molar-refractivity contribution < 1.29 is 9.18 Å². The predicted octanol–water partition coefficient (Wildman–Crippen LogP) is 4.96. The Kier molecular flexibility index (Phi) is 5.95. The van der Waals surface area contributed by atoms with Gasteiger partial charge in [0.2, 0.25) is 5.91 Å². The van der Waals surface area contributed by atoms with Gasteiger partial charge in [-0.3, -0.25) is 4.79 Å². The molecule has 2 aliphatic rings. The molecule has 0 N–H and O–H groups in total. The molecule has 2 aliphatic heterocycles. The van der Waals surface area contributed by atoms with Crippen LogP contribution in [0, 0.1) is 18.7 Å². The van der Waals surface area contributed by atoms with Gasteiger partial charge in [0, 0.05) is 50.0 Å². The Bertz CT molecular complexity index is 1140. The zero-order chi connectivity index (χ0) is 22.2. The van der Waals surface area contributed by atoms with Crippen LogP contribution >= 0.6 is 22.9 Å². The molecule has 2 aromatic carbocycles. The van der Waals surface area contributed by atoms with Crippen LogP contribution < -0.4 is 9.80 Å². The summed E-state index contributed by atoms with van der Waals surface area (Å²) in [7, 11) is 0. The number of benzene rings is 2. The first kappa shape index (κ1) is 21.5. The summed E-state index contributed by atoms with van der Waals surface area (Å²) in [5.74, 6) is -0.0252. The molecule has 5 nitrogen and oxygen atoms in total. The lowest BCUT2D eigenvalue weighted by Gasteiger charge is -2.40. The number of piperazine rings is 1. The van der Waals surface area contributed by atoms with Crippen molar-refractivity contribution in [3.8, 4) is 0 Å². The van der Waals surface area contributed by atoms with Gasteiger partial charge in [0.25, 0.3) is 0 Å². The third-order valence-electron chi connectivity index (χ3n) is 6.48. The van der Waals surface area contributed by atoms with E-state index in [1.165, 1.54) is 29.0 Å². The van der Waals surface area contributed by atoms with Crippen LogP contribution in [0.5, 0.6) is 0 Å². The molecule has 3 heterocycles. The van der Waals surface area contributed by atoms with Crippen LogP contribution in [0.2, 0.25) is 5.02 Å². The van der Waals surface area contributed by atoms with Crippen LogP contribution in [0.25, 0.3) is 10.2 Å². The minimum absolute atomic E-state index is 0.0213. The number of nitrogens with zero attached hydrogens (tertiary/aromatic N) is 4. The average Bonchev–Trinajstić information content (AvgIpc) is 3.24. The van der Waals surface area contributed by atoms with Crippen molar-refractivity contribution in [1.82, 2.24) is 9.88 Å². The lowest BCUT2D eigenvalue weighted by atomic mass is 9.96. The van der Waals surface area contributed by atoms with E-state index in [0.717, 1.165) is 71.6 Å². The number of fused-ring (bicyclic) bond motifs is 1. The molecular weight excluding hydrogens is 447 g/mol. The van der Waals surface area contributed by atoms with Crippen molar-refractivity contribution in [1.29, 1.82) is 0 Å². The van der Waals surface area contributed by atoms with Crippen LogP contribution in [0.15, 0.2) is 36.4 Å². The molecule has 5 rings (SSSR count). The molecule has 168 valence electrons. The Balaban J connectivity index is 1.23. The summed E-state index contributed by atoms with van der Waals surface area (Å²) in [5, 5.41) is 1.62. The Hall–Kier alpha value is -2.38. The van der Waals surface area contributed by atoms with Gasteiger partial charge >= 0.3 is 0 Å². The number of aryl methyl sites for hydroxylation is 1. The number of halogens is 2. The Morgan fingerprint density at radius 3 is 2.72 bits per heavy atom. The zero-order valence-electron chi connectivity index (χ0n) is 18.1. The highest BCUT2D eigenvalue weighted by Gasteiger charge is 2.32. The molecule has 1 amide bonds. The summed E-state index contributed by atoms with van der Waals surface area (Å²) >= 11 is 7.70. The lowest BCUT2D eigenvalue weighted by molar-refractivity contribution is -0.136. The van der Waals surface area contributed by atoms with Crippen molar-refractivity contribution in [2.75, 3.05) is 49.1 Å². The summed E-state index contributed by atoms with van der Waals surface area (Å²) < 4.78 is 14.4. The topological polar surface area (TPSA) is 39.7 Å². The maximum absolute atomic E-state index is 13.5. The van der Waals surface area contributed by atoms with E-state index in [0.29, 0.717) is 6.54 Å². The summed E-state index contributed by atoms with van der Waals surface area (Å²) in [6.45, 7) is 6.72. The molecule has 0 radical (unpaired) electrons. The number of piperidine rings is 1. The number of aromatic nitrogens is 1. The molecule has 1 aromatic heterocycles. The molecule has 0 bridgehead atoms. The first-order valence-electron chi connectivity index (χ1n) is 11.1. The molecule has 2 fully saturated rings. The second-order valence-electron chi connectivity index (χ2n) is 8.64. The number of carbonyl (C=O) groups excluding carboxylic acids is 1. The fraction of sp³-hybridized carbons (Fsp3) is 0.417. The van der Waals surface area contributed by atoms with Crippen molar-refractivity contribution in [3.05, 3.63) is 52.8 Å². The third kappa shape index (κ3) is 4.28. The van der Waals surface area contributed by atoms with Gasteiger partial charge in [-0.2, -0.15) is 0 Å². The van der Waals surface area contributed by atoms with Gasteiger partial charge in [-0.15, -0.1) is 0 Å². The molecule has 3 aromatic rings. The van der Waals surface area contributed by atoms with Crippen LogP contribution in [-0.4, -0.2) is 55.1 Å². The lowest BCUT2D eigenvalue weighted by Crippen LogP contribution is -2.52. The fourth-order valence-corrected chi connectivity index (χ4v) is 5.91. The maximum Gasteiger partial charge on any atom is 0.227 e. The molecule has 0 spiro atoms. The Labute approximate surface area is 196 Å². The van der Waals surface area contributed by atoms with Crippen molar-refractivity contribution >= 4 is 49.9 Å². The van der Waals surface area contributed by atoms with Gasteiger partial charge in [0.05, 0.1) is 16.1 Å². The maximum atomic E-state index is 13.5. The summed E-state index contributed by atoms with van der Waals surface area (Å²) in [5.41, 5.74) is 3.17. The zero-order valence-corrected chi connectivity index (χ0v) is 19.6. The van der Waals surface area contributed by atoms with Gasteiger partial charge < -0.3 is 14.7 Å². The standard InChI is InChI=1S/C24H26ClFN4OS/c1-16-4-5-18(25)13-21(16)28-9-11-29(12-10-28)23(31)17-3-2-8-30(15-17)24-27-20-7-6-19(26)14-22(20)32-24/h4-7,13-14,17H,2-3,8-12,15H2,1H3. The monoisotopic (exact) mass is 472 g/mol. The molecule has 32 heavy (non-hydrogen) atoms. The van der Waals surface area contributed by atoms with E-state index in [2.05, 4.69) is 21.7 Å².